The summed E-state index contributed by atoms with van der Waals surface area (Å²) in [6.07, 6.45) is 2.77. The van der Waals surface area contributed by atoms with Gasteiger partial charge in [0.1, 0.15) is 5.75 Å². The average molecular weight is 338 g/mol. The minimum atomic E-state index is -0.788. The Kier molecular flexibility index (Phi) is 5.13. The summed E-state index contributed by atoms with van der Waals surface area (Å²) in [7, 11) is 0. The Morgan fingerprint density at radius 1 is 0.960 bits per heavy atom. The van der Waals surface area contributed by atoms with Crippen molar-refractivity contribution in [3.8, 4) is 16.9 Å². The summed E-state index contributed by atoms with van der Waals surface area (Å²) < 4.78 is 34.3. The number of hydrogen-bond donors (Lipinski definition) is 0. The van der Waals surface area contributed by atoms with Crippen molar-refractivity contribution in [1.82, 2.24) is 0 Å². The second kappa shape index (κ2) is 7.47. The monoisotopic (exact) mass is 338 g/mol. The molecule has 25 heavy (non-hydrogen) atoms. The van der Waals surface area contributed by atoms with E-state index in [0.717, 1.165) is 16.9 Å². The van der Waals surface area contributed by atoms with E-state index in [-0.39, 0.29) is 0 Å². The van der Waals surface area contributed by atoms with Crippen LogP contribution in [-0.2, 0) is 6.42 Å². The highest BCUT2D eigenvalue weighted by atomic mass is 19.2. The molecule has 0 unspecified atom stereocenters. The number of halogens is 2. The molecule has 0 saturated heterocycles. The molecule has 3 aromatic carbocycles. The van der Waals surface area contributed by atoms with E-state index in [4.69, 9.17) is 4.74 Å². The summed E-state index contributed by atoms with van der Waals surface area (Å²) >= 11 is 0. The molecule has 3 aromatic rings. The molecule has 0 radical (unpaired) electrons. The minimum absolute atomic E-state index is 0.297. The lowest BCUT2D eigenvalue weighted by Gasteiger charge is -2.10. The normalized spacial score (nSPS) is 10.8. The summed E-state index contributed by atoms with van der Waals surface area (Å²) in [6, 6.07) is 14.8. The van der Waals surface area contributed by atoms with Crippen LogP contribution in [0.25, 0.3) is 21.9 Å². The molecule has 0 bridgehead atoms. The van der Waals surface area contributed by atoms with Crippen LogP contribution in [0.15, 0.2) is 61.2 Å². The summed E-state index contributed by atoms with van der Waals surface area (Å²) in [5, 5.41) is 0.999. The molecule has 0 amide bonds. The van der Waals surface area contributed by atoms with Crippen molar-refractivity contribution in [1.29, 1.82) is 0 Å². The van der Waals surface area contributed by atoms with Gasteiger partial charge in [-0.1, -0.05) is 30.3 Å². The lowest BCUT2D eigenvalue weighted by atomic mass is 9.98. The number of rotatable bonds is 6. The van der Waals surface area contributed by atoms with Crippen molar-refractivity contribution < 1.29 is 13.5 Å². The summed E-state index contributed by atoms with van der Waals surface area (Å²) in [6.45, 7) is 6.16. The molecule has 0 aliphatic rings. The van der Waals surface area contributed by atoms with E-state index in [1.807, 2.05) is 43.3 Å². The molecule has 0 N–H and O–H groups in total. The van der Waals surface area contributed by atoms with Crippen LogP contribution in [0, 0.1) is 11.6 Å². The highest BCUT2D eigenvalue weighted by Crippen LogP contribution is 2.30. The molecule has 0 aliphatic heterocycles. The lowest BCUT2D eigenvalue weighted by Crippen LogP contribution is -1.96. The molecule has 3 heteroatoms. The molecule has 1 nitrogen and oxygen atoms in total. The zero-order valence-electron chi connectivity index (χ0n) is 14.2. The SMILES string of the molecule is C=CCCc1cc2ccc(-c3ccc(OCC)cc3)cc2c(F)c1F. The van der Waals surface area contributed by atoms with Crippen molar-refractivity contribution in [2.24, 2.45) is 0 Å². The molecule has 0 aliphatic carbocycles. The second-order valence-electron chi connectivity index (χ2n) is 5.88. The maximum absolute atomic E-state index is 14.5. The fraction of sp³-hybridized carbons (Fsp3) is 0.182. The van der Waals surface area contributed by atoms with Crippen molar-refractivity contribution in [3.63, 3.8) is 0 Å². The van der Waals surface area contributed by atoms with Gasteiger partial charge in [0.05, 0.1) is 6.61 Å². The molecule has 0 aromatic heterocycles. The number of aryl methyl sites for hydroxylation is 1. The van der Waals surface area contributed by atoms with E-state index < -0.39 is 11.6 Å². The summed E-state index contributed by atoms with van der Waals surface area (Å²) in [5.41, 5.74) is 2.16. The van der Waals surface area contributed by atoms with E-state index in [1.165, 1.54) is 0 Å². The van der Waals surface area contributed by atoms with Crippen molar-refractivity contribution in [2.75, 3.05) is 6.61 Å². The molecule has 128 valence electrons. The van der Waals surface area contributed by atoms with Gasteiger partial charge in [0.15, 0.2) is 11.6 Å². The van der Waals surface area contributed by atoms with Gasteiger partial charge in [0, 0.05) is 5.39 Å². The van der Waals surface area contributed by atoms with Gasteiger partial charge in [0.25, 0.3) is 0 Å². The lowest BCUT2D eigenvalue weighted by molar-refractivity contribution is 0.340. The maximum atomic E-state index is 14.5. The Bertz CT molecular complexity index is 898. The second-order valence-corrected chi connectivity index (χ2v) is 5.88. The molecule has 0 spiro atoms. The third-order valence-electron chi connectivity index (χ3n) is 4.21. The first-order chi connectivity index (χ1) is 12.1. The van der Waals surface area contributed by atoms with Crippen LogP contribution in [-0.4, -0.2) is 6.61 Å². The topological polar surface area (TPSA) is 9.23 Å². The highest BCUT2D eigenvalue weighted by molar-refractivity contribution is 5.88. The number of fused-ring (bicyclic) bond motifs is 1. The van der Waals surface area contributed by atoms with Crippen molar-refractivity contribution in [2.45, 2.75) is 19.8 Å². The fourth-order valence-electron chi connectivity index (χ4n) is 2.91. The Morgan fingerprint density at radius 2 is 1.68 bits per heavy atom. The summed E-state index contributed by atoms with van der Waals surface area (Å²) in [4.78, 5) is 0. The van der Waals surface area contributed by atoms with Crippen LogP contribution in [0.3, 0.4) is 0 Å². The van der Waals surface area contributed by atoms with Gasteiger partial charge in [-0.3, -0.25) is 0 Å². The van der Waals surface area contributed by atoms with E-state index in [2.05, 4.69) is 6.58 Å². The van der Waals surface area contributed by atoms with Crippen LogP contribution >= 0.6 is 0 Å². The van der Waals surface area contributed by atoms with Gasteiger partial charge in [-0.25, -0.2) is 8.78 Å². The Labute approximate surface area is 146 Å². The average Bonchev–Trinajstić information content (AvgIpc) is 2.64. The third kappa shape index (κ3) is 3.55. The third-order valence-corrected chi connectivity index (χ3v) is 4.21. The molecule has 0 heterocycles. The quantitative estimate of drug-likeness (QED) is 0.479. The van der Waals surface area contributed by atoms with Gasteiger partial charge < -0.3 is 4.74 Å². The van der Waals surface area contributed by atoms with Crippen LogP contribution in [0.2, 0.25) is 0 Å². The maximum Gasteiger partial charge on any atom is 0.166 e. The zero-order chi connectivity index (χ0) is 17.8. The molecule has 0 fully saturated rings. The van der Waals surface area contributed by atoms with Crippen LogP contribution < -0.4 is 4.74 Å². The van der Waals surface area contributed by atoms with Crippen LogP contribution in [0.4, 0.5) is 8.78 Å². The number of allylic oxidation sites excluding steroid dienone is 1. The number of ether oxygens (including phenoxy) is 1. The largest absolute Gasteiger partial charge is 0.494 e. The standard InChI is InChI=1S/C22H20F2O/c1-3-5-6-18-13-17-8-7-16(14-20(17)22(24)21(18)23)15-9-11-19(12-10-15)25-4-2/h3,7-14H,1,4-6H2,2H3. The first-order valence-electron chi connectivity index (χ1n) is 8.38. The van der Waals surface area contributed by atoms with Crippen LogP contribution in [0.1, 0.15) is 18.9 Å². The van der Waals surface area contributed by atoms with Gasteiger partial charge in [-0.15, -0.1) is 6.58 Å². The minimum Gasteiger partial charge on any atom is -0.494 e. The molecule has 0 saturated carbocycles. The van der Waals surface area contributed by atoms with Gasteiger partial charge in [-0.2, -0.15) is 0 Å². The first-order valence-corrected chi connectivity index (χ1v) is 8.38. The van der Waals surface area contributed by atoms with E-state index in [1.54, 1.807) is 18.2 Å². The van der Waals surface area contributed by atoms with Gasteiger partial charge in [-0.05, 0) is 66.1 Å². The smallest absolute Gasteiger partial charge is 0.166 e. The van der Waals surface area contributed by atoms with Gasteiger partial charge in [0.2, 0.25) is 0 Å². The Hall–Kier alpha value is -2.68. The van der Waals surface area contributed by atoms with E-state index in [0.29, 0.717) is 35.8 Å². The number of hydrogen-bond acceptors (Lipinski definition) is 1. The van der Waals surface area contributed by atoms with Crippen molar-refractivity contribution >= 4 is 10.8 Å². The highest BCUT2D eigenvalue weighted by Gasteiger charge is 2.14. The predicted octanol–water partition coefficient (Wildman–Crippen LogP) is 6.30. The van der Waals surface area contributed by atoms with Crippen molar-refractivity contribution in [3.05, 3.63) is 78.4 Å². The van der Waals surface area contributed by atoms with E-state index in [9.17, 15) is 8.78 Å². The van der Waals surface area contributed by atoms with E-state index >= 15 is 0 Å². The molecule has 0 atom stereocenters. The molecule has 3 rings (SSSR count). The van der Waals surface area contributed by atoms with Crippen LogP contribution in [0.5, 0.6) is 5.75 Å². The summed E-state index contributed by atoms with van der Waals surface area (Å²) in [5.74, 6) is -0.765. The molecular formula is C22H20F2O. The zero-order valence-corrected chi connectivity index (χ0v) is 14.2. The predicted molar refractivity (Wildman–Crippen MR) is 99.0 cm³/mol. The fourth-order valence-corrected chi connectivity index (χ4v) is 2.91. The molecular weight excluding hydrogens is 318 g/mol. The first kappa shape index (κ1) is 17.2. The van der Waals surface area contributed by atoms with Gasteiger partial charge >= 0.3 is 0 Å². The number of benzene rings is 3. The Balaban J connectivity index is 2.01. The Morgan fingerprint density at radius 3 is 2.36 bits per heavy atom.